The molecule has 7 nitrogen and oxygen atoms in total. The topological polar surface area (TPSA) is 93.0 Å². The number of rotatable bonds is 5. The molecule has 90 valence electrons. The molecule has 0 aliphatic carbocycles. The summed E-state index contributed by atoms with van der Waals surface area (Å²) in [5.41, 5.74) is 0. The van der Waals surface area contributed by atoms with Crippen molar-refractivity contribution in [2.75, 3.05) is 25.5 Å². The van der Waals surface area contributed by atoms with Crippen LogP contribution in [0.5, 0.6) is 0 Å². The molecule has 0 fully saturated rings. The lowest BCUT2D eigenvalue weighted by atomic mass is 10.3. The molecule has 2 N–H and O–H groups in total. The standard InChI is InChI=1S/C9H11N5O2S/c1-10-2-3-11-8-6-4-7(14(15)16)17-9(6)13-5-12-8/h4-5,10H,2-3H2,1H3,(H,11,12,13). The molecule has 2 heterocycles. The molecule has 0 saturated heterocycles. The molecule has 0 aromatic carbocycles. The quantitative estimate of drug-likeness (QED) is 0.473. The van der Waals surface area contributed by atoms with E-state index in [2.05, 4.69) is 20.6 Å². The second-order valence-corrected chi connectivity index (χ2v) is 4.32. The SMILES string of the molecule is CNCCNc1ncnc2sc([N+](=O)[O-])cc12. The molecule has 2 aromatic rings. The number of anilines is 1. The van der Waals surface area contributed by atoms with Crippen molar-refractivity contribution in [2.24, 2.45) is 0 Å². The van der Waals surface area contributed by atoms with Crippen LogP contribution in [0.4, 0.5) is 10.8 Å². The molecule has 0 amide bonds. The predicted molar refractivity (Wildman–Crippen MR) is 66.5 cm³/mol. The number of aromatic nitrogens is 2. The molecule has 2 aromatic heterocycles. The Balaban J connectivity index is 2.32. The molecule has 0 bridgehead atoms. The fraction of sp³-hybridized carbons (Fsp3) is 0.333. The van der Waals surface area contributed by atoms with Gasteiger partial charge in [-0.05, 0) is 18.4 Å². The van der Waals surface area contributed by atoms with Crippen LogP contribution in [-0.4, -0.2) is 35.0 Å². The highest BCUT2D eigenvalue weighted by molar-refractivity contribution is 7.21. The summed E-state index contributed by atoms with van der Waals surface area (Å²) in [5.74, 6) is 0.634. The molecule has 0 radical (unpaired) electrons. The number of likely N-dealkylation sites (N-methyl/N-ethyl adjacent to an activating group) is 1. The predicted octanol–water partition coefficient (Wildman–Crippen LogP) is 1.23. The van der Waals surface area contributed by atoms with Gasteiger partial charge in [-0.1, -0.05) is 0 Å². The molecule has 2 rings (SSSR count). The van der Waals surface area contributed by atoms with Crippen LogP contribution in [-0.2, 0) is 0 Å². The summed E-state index contributed by atoms with van der Waals surface area (Å²) in [6, 6.07) is 1.50. The molecule has 0 saturated carbocycles. The number of hydrogen-bond acceptors (Lipinski definition) is 7. The summed E-state index contributed by atoms with van der Waals surface area (Å²) in [5, 5.41) is 17.6. The van der Waals surface area contributed by atoms with E-state index in [0.29, 0.717) is 22.6 Å². The largest absolute Gasteiger partial charge is 0.368 e. The summed E-state index contributed by atoms with van der Waals surface area (Å²) >= 11 is 1.05. The summed E-state index contributed by atoms with van der Waals surface area (Å²) in [6.07, 6.45) is 1.41. The van der Waals surface area contributed by atoms with E-state index >= 15 is 0 Å². The maximum absolute atomic E-state index is 10.7. The van der Waals surface area contributed by atoms with Crippen molar-refractivity contribution in [1.82, 2.24) is 15.3 Å². The minimum absolute atomic E-state index is 0.0807. The smallest absolute Gasteiger partial charge is 0.326 e. The van der Waals surface area contributed by atoms with Crippen molar-refractivity contribution in [3.8, 4) is 0 Å². The number of nitrogens with one attached hydrogen (secondary N) is 2. The Morgan fingerprint density at radius 2 is 2.29 bits per heavy atom. The first-order valence-corrected chi connectivity index (χ1v) is 5.81. The summed E-state index contributed by atoms with van der Waals surface area (Å²) in [7, 11) is 1.85. The number of nitrogens with zero attached hydrogens (tertiary/aromatic N) is 3. The van der Waals surface area contributed by atoms with Crippen LogP contribution in [0.25, 0.3) is 10.2 Å². The zero-order chi connectivity index (χ0) is 12.3. The lowest BCUT2D eigenvalue weighted by Gasteiger charge is -2.04. The molecular formula is C9H11N5O2S. The molecule has 17 heavy (non-hydrogen) atoms. The van der Waals surface area contributed by atoms with Gasteiger partial charge in [-0.2, -0.15) is 0 Å². The first-order valence-electron chi connectivity index (χ1n) is 5.00. The fourth-order valence-corrected chi connectivity index (χ4v) is 2.19. The average molecular weight is 253 g/mol. The van der Waals surface area contributed by atoms with Crippen LogP contribution in [0, 0.1) is 10.1 Å². The average Bonchev–Trinajstić information content (AvgIpc) is 2.74. The van der Waals surface area contributed by atoms with Crippen molar-refractivity contribution in [1.29, 1.82) is 0 Å². The van der Waals surface area contributed by atoms with E-state index in [1.54, 1.807) is 0 Å². The highest BCUT2D eigenvalue weighted by Gasteiger charge is 2.15. The van der Waals surface area contributed by atoms with Crippen molar-refractivity contribution in [3.63, 3.8) is 0 Å². The molecule has 0 spiro atoms. The van der Waals surface area contributed by atoms with Gasteiger partial charge in [0, 0.05) is 19.2 Å². The number of hydrogen-bond donors (Lipinski definition) is 2. The van der Waals surface area contributed by atoms with E-state index in [0.717, 1.165) is 17.9 Å². The van der Waals surface area contributed by atoms with Gasteiger partial charge < -0.3 is 10.6 Å². The third-order valence-corrected chi connectivity index (χ3v) is 3.16. The maximum atomic E-state index is 10.7. The van der Waals surface area contributed by atoms with Gasteiger partial charge in [0.2, 0.25) is 0 Å². The van der Waals surface area contributed by atoms with Gasteiger partial charge in [0.25, 0.3) is 0 Å². The van der Waals surface area contributed by atoms with E-state index in [1.807, 2.05) is 7.05 Å². The molecule has 0 unspecified atom stereocenters. The third-order valence-electron chi connectivity index (χ3n) is 2.16. The summed E-state index contributed by atoms with van der Waals surface area (Å²) in [4.78, 5) is 19.0. The number of nitro groups is 1. The van der Waals surface area contributed by atoms with E-state index < -0.39 is 4.92 Å². The van der Waals surface area contributed by atoms with E-state index in [4.69, 9.17) is 0 Å². The Morgan fingerprint density at radius 1 is 1.47 bits per heavy atom. The van der Waals surface area contributed by atoms with Gasteiger partial charge in [-0.15, -0.1) is 0 Å². The number of thiophene rings is 1. The molecule has 8 heteroatoms. The Labute approximate surface area is 101 Å². The summed E-state index contributed by atoms with van der Waals surface area (Å²) in [6.45, 7) is 1.49. The Bertz CT molecular complexity index is 541. The van der Waals surface area contributed by atoms with Crippen LogP contribution in [0.2, 0.25) is 0 Å². The minimum Gasteiger partial charge on any atom is -0.368 e. The maximum Gasteiger partial charge on any atom is 0.326 e. The van der Waals surface area contributed by atoms with E-state index in [9.17, 15) is 10.1 Å². The molecule has 0 atom stereocenters. The Morgan fingerprint density at radius 3 is 3.00 bits per heavy atom. The molecule has 0 aliphatic heterocycles. The van der Waals surface area contributed by atoms with Gasteiger partial charge in [0.1, 0.15) is 17.0 Å². The number of fused-ring (bicyclic) bond motifs is 1. The van der Waals surface area contributed by atoms with E-state index in [-0.39, 0.29) is 5.00 Å². The second-order valence-electron chi connectivity index (χ2n) is 3.31. The van der Waals surface area contributed by atoms with Crippen LogP contribution in [0.3, 0.4) is 0 Å². The monoisotopic (exact) mass is 253 g/mol. The van der Waals surface area contributed by atoms with Crippen molar-refractivity contribution in [2.45, 2.75) is 0 Å². The van der Waals surface area contributed by atoms with Crippen LogP contribution in [0.15, 0.2) is 12.4 Å². The zero-order valence-corrected chi connectivity index (χ0v) is 9.95. The van der Waals surface area contributed by atoms with Crippen molar-refractivity contribution in [3.05, 3.63) is 22.5 Å². The lowest BCUT2D eigenvalue weighted by molar-refractivity contribution is -0.380. The van der Waals surface area contributed by atoms with Gasteiger partial charge in [-0.25, -0.2) is 9.97 Å². The van der Waals surface area contributed by atoms with Crippen molar-refractivity contribution < 1.29 is 4.92 Å². The van der Waals surface area contributed by atoms with Crippen molar-refractivity contribution >= 4 is 32.4 Å². The first-order chi connectivity index (χ1) is 8.22. The highest BCUT2D eigenvalue weighted by Crippen LogP contribution is 2.32. The van der Waals surface area contributed by atoms with E-state index in [1.165, 1.54) is 12.4 Å². The van der Waals surface area contributed by atoms with Crippen LogP contribution < -0.4 is 10.6 Å². The Hall–Kier alpha value is -1.80. The minimum atomic E-state index is -0.413. The first kappa shape index (κ1) is 11.7. The second kappa shape index (κ2) is 5.02. The highest BCUT2D eigenvalue weighted by atomic mass is 32.1. The van der Waals surface area contributed by atoms with Crippen LogP contribution >= 0.6 is 11.3 Å². The fourth-order valence-electron chi connectivity index (χ4n) is 1.38. The summed E-state index contributed by atoms with van der Waals surface area (Å²) < 4.78 is 0. The Kier molecular flexibility index (Phi) is 3.45. The normalized spacial score (nSPS) is 10.6. The van der Waals surface area contributed by atoms with Gasteiger partial charge in [-0.3, -0.25) is 10.1 Å². The molecule has 0 aliphatic rings. The third kappa shape index (κ3) is 2.48. The van der Waals surface area contributed by atoms with Gasteiger partial charge in [0.05, 0.1) is 10.3 Å². The zero-order valence-electron chi connectivity index (χ0n) is 9.14. The van der Waals surface area contributed by atoms with Gasteiger partial charge in [0.15, 0.2) is 0 Å². The lowest BCUT2D eigenvalue weighted by Crippen LogP contribution is -2.18. The van der Waals surface area contributed by atoms with Gasteiger partial charge >= 0.3 is 5.00 Å². The van der Waals surface area contributed by atoms with Crippen LogP contribution in [0.1, 0.15) is 0 Å². The molecular weight excluding hydrogens is 242 g/mol.